The van der Waals surface area contributed by atoms with Crippen molar-refractivity contribution >= 4 is 5.97 Å². The minimum atomic E-state index is -0.662. The van der Waals surface area contributed by atoms with Crippen molar-refractivity contribution in [3.8, 4) is 0 Å². The van der Waals surface area contributed by atoms with Gasteiger partial charge in [0.25, 0.3) is 0 Å². The van der Waals surface area contributed by atoms with Crippen LogP contribution in [0.25, 0.3) is 0 Å². The van der Waals surface area contributed by atoms with Crippen LogP contribution in [0, 0.1) is 0 Å². The first-order chi connectivity index (χ1) is 9.77. The second-order valence-corrected chi connectivity index (χ2v) is 5.39. The molecule has 116 valence electrons. The van der Waals surface area contributed by atoms with Crippen LogP contribution in [0.15, 0.2) is 24.3 Å². The van der Waals surface area contributed by atoms with Crippen molar-refractivity contribution in [2.75, 3.05) is 0 Å². The van der Waals surface area contributed by atoms with E-state index in [-0.39, 0.29) is 0 Å². The number of unbranched alkanes of at least 4 members (excludes halogenated alkanes) is 9. The zero-order valence-corrected chi connectivity index (χ0v) is 13.2. The minimum absolute atomic E-state index is 0.335. The van der Waals surface area contributed by atoms with Crippen molar-refractivity contribution in [3.63, 3.8) is 0 Å². The topological polar surface area (TPSA) is 37.3 Å². The summed E-state index contributed by atoms with van der Waals surface area (Å²) in [5, 5.41) is 8.51. The number of hydrogen-bond donors (Lipinski definition) is 1. The second-order valence-electron chi connectivity index (χ2n) is 5.39. The summed E-state index contributed by atoms with van der Waals surface area (Å²) in [5.41, 5.74) is 0. The highest BCUT2D eigenvalue weighted by molar-refractivity contribution is 5.66. The molecule has 0 atom stereocenters. The average molecular weight is 280 g/mol. The molecule has 0 spiro atoms. The van der Waals surface area contributed by atoms with Crippen molar-refractivity contribution in [2.45, 2.75) is 84.0 Å². The average Bonchev–Trinajstić information content (AvgIpc) is 2.43. The molecule has 0 aromatic rings. The third kappa shape index (κ3) is 16.9. The molecular formula is C18H32O2. The van der Waals surface area contributed by atoms with E-state index < -0.39 is 5.97 Å². The number of aliphatic carboxylic acids is 1. The van der Waals surface area contributed by atoms with Gasteiger partial charge < -0.3 is 5.11 Å². The van der Waals surface area contributed by atoms with Crippen molar-refractivity contribution in [3.05, 3.63) is 24.3 Å². The Morgan fingerprint density at radius 3 is 1.90 bits per heavy atom. The van der Waals surface area contributed by atoms with E-state index in [1.807, 2.05) is 0 Å². The lowest BCUT2D eigenvalue weighted by Crippen LogP contribution is -1.93. The standard InChI is InChI=1S/C18H32O2/c1-2-3-4-5-6-7-8-9-10-11-12-13-14-15-16-17-18(19)20/h2-3,5-6H,4,7-17H2,1H3,(H,19,20). The fourth-order valence-corrected chi connectivity index (χ4v) is 2.20. The predicted molar refractivity (Wildman–Crippen MR) is 87.0 cm³/mol. The van der Waals surface area contributed by atoms with Gasteiger partial charge in [-0.1, -0.05) is 69.2 Å². The van der Waals surface area contributed by atoms with Crippen LogP contribution < -0.4 is 0 Å². The molecule has 0 radical (unpaired) electrons. The summed E-state index contributed by atoms with van der Waals surface area (Å²) >= 11 is 0. The maximum Gasteiger partial charge on any atom is 0.303 e. The molecule has 20 heavy (non-hydrogen) atoms. The van der Waals surface area contributed by atoms with Crippen molar-refractivity contribution < 1.29 is 9.90 Å². The van der Waals surface area contributed by atoms with Gasteiger partial charge in [0.15, 0.2) is 0 Å². The summed E-state index contributed by atoms with van der Waals surface area (Å²) < 4.78 is 0. The minimum Gasteiger partial charge on any atom is -0.481 e. The van der Waals surface area contributed by atoms with Crippen molar-refractivity contribution in [1.82, 2.24) is 0 Å². The molecule has 0 rings (SSSR count). The Morgan fingerprint density at radius 2 is 1.35 bits per heavy atom. The molecule has 0 aliphatic heterocycles. The van der Waals surface area contributed by atoms with Gasteiger partial charge in [-0.3, -0.25) is 4.79 Å². The number of hydrogen-bond acceptors (Lipinski definition) is 1. The van der Waals surface area contributed by atoms with Crippen molar-refractivity contribution in [2.24, 2.45) is 0 Å². The number of allylic oxidation sites excluding steroid dienone is 4. The van der Waals surface area contributed by atoms with E-state index in [0.717, 1.165) is 19.3 Å². The maximum absolute atomic E-state index is 10.3. The van der Waals surface area contributed by atoms with Gasteiger partial charge in [0, 0.05) is 6.42 Å². The highest BCUT2D eigenvalue weighted by atomic mass is 16.4. The van der Waals surface area contributed by atoms with Gasteiger partial charge in [-0.05, 0) is 32.6 Å². The number of carbonyl (C=O) groups is 1. The van der Waals surface area contributed by atoms with Crippen LogP contribution in [-0.4, -0.2) is 11.1 Å². The van der Waals surface area contributed by atoms with Gasteiger partial charge in [0.1, 0.15) is 0 Å². The molecule has 0 aromatic carbocycles. The van der Waals surface area contributed by atoms with E-state index in [2.05, 4.69) is 31.2 Å². The summed E-state index contributed by atoms with van der Waals surface area (Å²) in [6.07, 6.45) is 22.4. The fraction of sp³-hybridized carbons (Fsp3) is 0.722. The van der Waals surface area contributed by atoms with Gasteiger partial charge in [-0.2, -0.15) is 0 Å². The van der Waals surface area contributed by atoms with E-state index in [1.54, 1.807) is 0 Å². The summed E-state index contributed by atoms with van der Waals surface area (Å²) in [6, 6.07) is 0. The Kier molecular flexibility index (Phi) is 15.2. The van der Waals surface area contributed by atoms with Gasteiger partial charge in [-0.25, -0.2) is 0 Å². The molecule has 2 nitrogen and oxygen atoms in total. The first-order valence-corrected chi connectivity index (χ1v) is 8.25. The van der Waals surface area contributed by atoms with Gasteiger partial charge in [-0.15, -0.1) is 0 Å². The Bertz CT molecular complexity index is 267. The number of rotatable bonds is 14. The Labute approximate surface area is 125 Å². The van der Waals surface area contributed by atoms with Gasteiger partial charge >= 0.3 is 5.97 Å². The summed E-state index contributed by atoms with van der Waals surface area (Å²) in [5.74, 6) is -0.662. The van der Waals surface area contributed by atoms with Crippen molar-refractivity contribution in [1.29, 1.82) is 0 Å². The Balaban J connectivity index is 3.06. The molecule has 2 heteroatoms. The molecule has 0 bridgehead atoms. The second kappa shape index (κ2) is 16.0. The highest BCUT2D eigenvalue weighted by Gasteiger charge is 1.96. The Morgan fingerprint density at radius 1 is 0.800 bits per heavy atom. The van der Waals surface area contributed by atoms with Gasteiger partial charge in [0.2, 0.25) is 0 Å². The lowest BCUT2D eigenvalue weighted by molar-refractivity contribution is -0.137. The summed E-state index contributed by atoms with van der Waals surface area (Å²) in [4.78, 5) is 10.3. The molecule has 0 saturated carbocycles. The monoisotopic (exact) mass is 280 g/mol. The molecule has 0 aromatic heterocycles. The zero-order valence-electron chi connectivity index (χ0n) is 13.2. The molecule has 0 amide bonds. The summed E-state index contributed by atoms with van der Waals surface area (Å²) in [6.45, 7) is 2.06. The van der Waals surface area contributed by atoms with Crippen LogP contribution in [0.1, 0.15) is 84.0 Å². The SMILES string of the molecule is CC=CCC=CCCCCCCCCCCCC(=O)O. The largest absolute Gasteiger partial charge is 0.481 e. The quantitative estimate of drug-likeness (QED) is 0.318. The van der Waals surface area contributed by atoms with Gasteiger partial charge in [0.05, 0.1) is 0 Å². The van der Waals surface area contributed by atoms with Crippen LogP contribution in [0.2, 0.25) is 0 Å². The van der Waals surface area contributed by atoms with E-state index in [1.165, 1.54) is 51.4 Å². The van der Waals surface area contributed by atoms with E-state index in [9.17, 15) is 4.79 Å². The third-order valence-electron chi connectivity index (χ3n) is 3.44. The molecule has 0 saturated heterocycles. The Hall–Kier alpha value is -1.05. The van der Waals surface area contributed by atoms with Crippen LogP contribution in [-0.2, 0) is 4.79 Å². The first-order valence-electron chi connectivity index (χ1n) is 8.25. The smallest absolute Gasteiger partial charge is 0.303 e. The van der Waals surface area contributed by atoms with E-state index >= 15 is 0 Å². The lowest BCUT2D eigenvalue weighted by Gasteiger charge is -2.01. The molecule has 0 aliphatic rings. The van der Waals surface area contributed by atoms with Crippen LogP contribution in [0.4, 0.5) is 0 Å². The maximum atomic E-state index is 10.3. The fourth-order valence-electron chi connectivity index (χ4n) is 2.20. The predicted octanol–water partition coefficient (Wildman–Crippen LogP) is 5.88. The molecular weight excluding hydrogens is 248 g/mol. The van der Waals surface area contributed by atoms with E-state index in [4.69, 9.17) is 5.11 Å². The molecule has 0 heterocycles. The lowest BCUT2D eigenvalue weighted by atomic mass is 10.1. The van der Waals surface area contributed by atoms with Crippen LogP contribution >= 0.6 is 0 Å². The molecule has 1 N–H and O–H groups in total. The molecule has 0 unspecified atom stereocenters. The highest BCUT2D eigenvalue weighted by Crippen LogP contribution is 2.11. The van der Waals surface area contributed by atoms with Crippen LogP contribution in [0.3, 0.4) is 0 Å². The first kappa shape index (κ1) is 18.9. The normalized spacial score (nSPS) is 11.7. The third-order valence-corrected chi connectivity index (χ3v) is 3.44. The number of carboxylic acids is 1. The van der Waals surface area contributed by atoms with Crippen LogP contribution in [0.5, 0.6) is 0 Å². The number of carboxylic acid groups (broad SMARTS) is 1. The van der Waals surface area contributed by atoms with E-state index in [0.29, 0.717) is 6.42 Å². The molecule has 0 aliphatic carbocycles. The molecule has 0 fully saturated rings. The zero-order chi connectivity index (χ0) is 14.9. The summed E-state index contributed by atoms with van der Waals surface area (Å²) in [7, 11) is 0.